The van der Waals surface area contributed by atoms with Crippen molar-refractivity contribution < 1.29 is 56.0 Å². The average molecular weight is 1770 g/mol. The maximum absolute atomic E-state index is 11.9. The van der Waals surface area contributed by atoms with E-state index in [0.717, 1.165) is 63.5 Å². The van der Waals surface area contributed by atoms with Gasteiger partial charge < -0.3 is 33.2 Å². The van der Waals surface area contributed by atoms with Gasteiger partial charge in [-0.1, -0.05) is 454 Å². The lowest BCUT2D eigenvalue weighted by atomic mass is 9.87. The predicted molar refractivity (Wildman–Crippen MR) is 544 cm³/mol. The number of methoxy groups -OCH3 is 1. The second-order valence-electron chi connectivity index (χ2n) is 51.9. The number of ether oxygens (including phenoxy) is 7. The molecule has 13 heteroatoms. The highest BCUT2D eigenvalue weighted by molar-refractivity contribution is 7.91. The average Bonchev–Trinajstić information content (AvgIpc) is 1.62. The lowest BCUT2D eigenvalue weighted by Gasteiger charge is -2.18. The molecule has 726 valence electrons. The molecule has 5 aromatic rings. The minimum Gasteiger partial charge on any atom is -0.497 e. The monoisotopic (exact) mass is 1770 g/mol. The molecule has 0 radical (unpaired) electrons. The van der Waals surface area contributed by atoms with Crippen molar-refractivity contribution in [3.05, 3.63) is 168 Å². The highest BCUT2D eigenvalue weighted by atomic mass is 32.2. The van der Waals surface area contributed by atoms with Gasteiger partial charge in [-0.15, -0.1) is 0 Å². The summed E-state index contributed by atoms with van der Waals surface area (Å²) in [5.41, 5.74) is 10.9. The number of sulfone groups is 1. The third-order valence-corrected chi connectivity index (χ3v) is 16.7. The first kappa shape index (κ1) is 129. The Bertz CT molecular complexity index is 3250. The molecule has 3 atom stereocenters. The number of carbonyl (C=O) groups is 3. The number of rotatable bonds is 12. The molecule has 3 heterocycles. The SMILES string of the molecule is CC(C)(C)C.CC(C)(C)C.CC(C)(C)C.CC(C)(C)C.CC(C)(C)C.CC(C)(C)C.CC(C)(C)CCC1COC(=O)O1.CC(C)(C)CCC1COC(=O)O1.CC(C)(C)CCC1COC(=O)O1.CC(C)(C)CCCS(=O)(=O)c1ccccc1.CC(C)(C)c1ccccc1.CC(C)(C)c1ccccc1.CC(C)(C)c1ccccc1.COc1ccc(CC(C)(C)C)cc1. The van der Waals surface area contributed by atoms with Gasteiger partial charge in [0.15, 0.2) is 9.84 Å². The van der Waals surface area contributed by atoms with Gasteiger partial charge in [0, 0.05) is 0 Å². The zero-order valence-corrected chi connectivity index (χ0v) is 91.4. The Kier molecular flexibility index (Phi) is 61.9. The van der Waals surface area contributed by atoms with Gasteiger partial charge in [0.05, 0.1) is 17.8 Å². The summed E-state index contributed by atoms with van der Waals surface area (Å²) in [6.07, 6.45) is 7.00. The third-order valence-electron chi connectivity index (χ3n) is 14.9. The summed E-state index contributed by atoms with van der Waals surface area (Å²) in [5.74, 6) is 1.17. The van der Waals surface area contributed by atoms with Crippen LogP contribution in [0.2, 0.25) is 0 Å². The van der Waals surface area contributed by atoms with E-state index in [9.17, 15) is 22.8 Å². The number of cyclic esters (lactones) is 6. The van der Waals surface area contributed by atoms with Crippen molar-refractivity contribution in [1.82, 2.24) is 0 Å². The normalized spacial score (nSPS) is 15.2. The summed E-state index contributed by atoms with van der Waals surface area (Å²) in [7, 11) is -1.39. The van der Waals surface area contributed by atoms with Crippen LogP contribution in [0.3, 0.4) is 0 Å². The molecule has 5 aromatic carbocycles. The van der Waals surface area contributed by atoms with E-state index in [1.54, 1.807) is 31.4 Å². The summed E-state index contributed by atoms with van der Waals surface area (Å²) in [4.78, 5) is 32.0. The van der Waals surface area contributed by atoms with Crippen LogP contribution in [0.4, 0.5) is 14.4 Å². The molecule has 3 saturated heterocycles. The van der Waals surface area contributed by atoms with E-state index < -0.39 is 28.3 Å². The van der Waals surface area contributed by atoms with E-state index in [2.05, 4.69) is 450 Å². The second kappa shape index (κ2) is 59.8. The van der Waals surface area contributed by atoms with E-state index in [4.69, 9.17) is 18.9 Å². The van der Waals surface area contributed by atoms with Gasteiger partial charge in [-0.25, -0.2) is 22.8 Å². The van der Waals surface area contributed by atoms with Crippen molar-refractivity contribution >= 4 is 28.3 Å². The zero-order valence-electron chi connectivity index (χ0n) is 90.6. The molecule has 0 bridgehead atoms. The van der Waals surface area contributed by atoms with E-state index >= 15 is 0 Å². The number of carbonyl (C=O) groups excluding carboxylic acids is 3. The molecule has 0 aromatic heterocycles. The van der Waals surface area contributed by atoms with Crippen molar-refractivity contribution in [3.63, 3.8) is 0 Å². The lowest BCUT2D eigenvalue weighted by molar-refractivity contribution is 0.111. The molecule has 0 saturated carbocycles. The van der Waals surface area contributed by atoms with E-state index in [-0.39, 0.29) is 29.5 Å². The van der Waals surface area contributed by atoms with Crippen LogP contribution in [0, 0.1) is 59.6 Å². The second-order valence-corrected chi connectivity index (χ2v) is 54.0. The van der Waals surface area contributed by atoms with Gasteiger partial charge >= 0.3 is 18.5 Å². The molecule has 125 heavy (non-hydrogen) atoms. The fraction of sp³-hybridized carbons (Fsp3) is 0.705. The largest absolute Gasteiger partial charge is 0.508 e. The highest BCUT2D eigenvalue weighted by Crippen LogP contribution is 2.30. The molecule has 0 N–H and O–H groups in total. The highest BCUT2D eigenvalue weighted by Gasteiger charge is 2.29. The van der Waals surface area contributed by atoms with Crippen LogP contribution in [0.5, 0.6) is 5.75 Å². The Labute approximate surface area is 775 Å². The number of hydrogen-bond donors (Lipinski definition) is 0. The maximum Gasteiger partial charge on any atom is 0.508 e. The molecule has 3 unspecified atom stereocenters. The van der Waals surface area contributed by atoms with Crippen molar-refractivity contribution in [3.8, 4) is 5.75 Å². The molecule has 3 aliphatic rings. The number of hydrogen-bond acceptors (Lipinski definition) is 12. The van der Waals surface area contributed by atoms with Crippen LogP contribution >= 0.6 is 0 Å². The van der Waals surface area contributed by atoms with E-state index in [0.29, 0.717) is 95.1 Å². The fourth-order valence-electron chi connectivity index (χ4n) is 9.01. The Morgan fingerprint density at radius 2 is 0.496 bits per heavy atom. The van der Waals surface area contributed by atoms with Gasteiger partial charge in [-0.2, -0.15) is 0 Å². The molecule has 0 aliphatic carbocycles. The Morgan fingerprint density at radius 3 is 0.656 bits per heavy atom. The van der Waals surface area contributed by atoms with Crippen LogP contribution < -0.4 is 4.74 Å². The molecule has 3 fully saturated rings. The van der Waals surface area contributed by atoms with Gasteiger partial charge in [0.25, 0.3) is 0 Å². The van der Waals surface area contributed by atoms with Crippen molar-refractivity contribution in [2.75, 3.05) is 32.7 Å². The zero-order chi connectivity index (χ0) is 99.5. The number of benzene rings is 5. The summed E-state index contributed by atoms with van der Waals surface area (Å²) >= 11 is 0. The molecular weight excluding hydrogens is 1570 g/mol. The quantitative estimate of drug-likeness (QED) is 0.0864. The smallest absolute Gasteiger partial charge is 0.497 e. The van der Waals surface area contributed by atoms with Crippen molar-refractivity contribution in [1.29, 1.82) is 0 Å². The minimum atomic E-state index is -3.08. The van der Waals surface area contributed by atoms with Crippen LogP contribution in [-0.4, -0.2) is 77.9 Å². The molecule has 8 rings (SSSR count). The van der Waals surface area contributed by atoms with Crippen molar-refractivity contribution in [2.24, 2.45) is 59.6 Å². The Hall–Kier alpha value is -6.34. The molecular formula is C112H200O12S. The predicted octanol–water partition coefficient (Wildman–Crippen LogP) is 34.9. The first-order chi connectivity index (χ1) is 55.6. The van der Waals surface area contributed by atoms with Crippen LogP contribution in [0.1, 0.15) is 406 Å². The summed E-state index contributed by atoms with van der Waals surface area (Å²) < 4.78 is 57.6. The summed E-state index contributed by atoms with van der Waals surface area (Å²) in [6, 6.07) is 48.6. The Morgan fingerprint density at radius 1 is 0.288 bits per heavy atom. The van der Waals surface area contributed by atoms with Gasteiger partial charge in [-0.05, 0) is 180 Å². The van der Waals surface area contributed by atoms with Crippen LogP contribution in [-0.2, 0) is 60.9 Å². The van der Waals surface area contributed by atoms with E-state index in [1.807, 2.05) is 18.2 Å². The summed E-state index contributed by atoms with van der Waals surface area (Å²) in [5, 5.41) is 0. The minimum absolute atomic E-state index is 0.0169. The fourth-order valence-corrected chi connectivity index (χ4v) is 10.3. The Balaban J connectivity index is -0.000000310. The van der Waals surface area contributed by atoms with Gasteiger partial charge in [-0.3, -0.25) is 0 Å². The topological polar surface area (TPSA) is 150 Å². The van der Waals surface area contributed by atoms with Crippen LogP contribution in [0.25, 0.3) is 0 Å². The first-order valence-electron chi connectivity index (χ1n) is 46.1. The lowest BCUT2D eigenvalue weighted by Crippen LogP contribution is -2.14. The standard InChI is InChI=1S/C13H20O2S.C12H18O.3C10H14.3C9H16O3.6C5H12/c1-13(2,3)10-7-11-16(14,15)12-8-5-4-6-9-12;1-12(2,3)9-10-5-7-11(13-4)8-6-10;3*1-10(2,3)9-7-5-4-6-8-9;3*1-9(2,3)5-4-7-6-11-8(10)12-7;6*1-5(2,3)4/h4-6,8-9H,7,10-11H2,1-3H3;5-8H,9H2,1-4H3;3*4-8H,1-3H3;3*7H,4-6H2,1-3H3;6*1-4H3. The first-order valence-corrected chi connectivity index (χ1v) is 47.8. The van der Waals surface area contributed by atoms with E-state index in [1.165, 1.54) is 22.3 Å². The molecule has 12 nitrogen and oxygen atoms in total. The molecule has 0 amide bonds. The molecule has 0 spiro atoms. The van der Waals surface area contributed by atoms with Gasteiger partial charge in [0.2, 0.25) is 0 Å². The van der Waals surface area contributed by atoms with Crippen molar-refractivity contribution in [2.45, 2.75) is 430 Å². The summed E-state index contributed by atoms with van der Waals surface area (Å²) in [6.45, 7) is 106. The van der Waals surface area contributed by atoms with Crippen LogP contribution in [0.15, 0.2) is 150 Å². The maximum atomic E-state index is 11.9. The third kappa shape index (κ3) is 110. The molecule has 3 aliphatic heterocycles. The van der Waals surface area contributed by atoms with Gasteiger partial charge in [0.1, 0.15) is 43.9 Å².